The molecule has 3 rings (SSSR count). The average molecular weight is 399 g/mol. The van der Waals surface area contributed by atoms with E-state index >= 15 is 0 Å². The Bertz CT molecular complexity index is 790. The van der Waals surface area contributed by atoms with E-state index in [4.69, 9.17) is 4.74 Å². The molecule has 28 heavy (non-hydrogen) atoms. The number of hydrogen-bond acceptors (Lipinski definition) is 5. The molecule has 152 valence electrons. The SMILES string of the molecule is O=C(NCc1cccnc1OCC(F)(F)F)Nc1cnn(CC2CCCO2)c1. The van der Waals surface area contributed by atoms with Gasteiger partial charge in [0.25, 0.3) is 0 Å². The van der Waals surface area contributed by atoms with Crippen molar-refractivity contribution in [2.24, 2.45) is 0 Å². The Morgan fingerprint density at radius 3 is 3.04 bits per heavy atom. The molecule has 0 aliphatic carbocycles. The predicted molar refractivity (Wildman–Crippen MR) is 92.8 cm³/mol. The number of hydrogen-bond donors (Lipinski definition) is 2. The van der Waals surface area contributed by atoms with Crippen LogP contribution in [0.2, 0.25) is 0 Å². The predicted octanol–water partition coefficient (Wildman–Crippen LogP) is 2.72. The number of halogens is 3. The minimum Gasteiger partial charge on any atom is -0.468 e. The first-order valence-electron chi connectivity index (χ1n) is 8.71. The number of aromatic nitrogens is 3. The molecule has 1 atom stereocenters. The summed E-state index contributed by atoms with van der Waals surface area (Å²) in [5.41, 5.74) is 0.825. The Labute approximate surface area is 159 Å². The maximum atomic E-state index is 12.3. The molecule has 1 aliphatic rings. The average Bonchev–Trinajstić information content (AvgIpc) is 3.31. The van der Waals surface area contributed by atoms with Crippen LogP contribution in [-0.4, -0.2) is 46.3 Å². The fourth-order valence-electron chi connectivity index (χ4n) is 2.71. The second-order valence-electron chi connectivity index (χ2n) is 6.27. The summed E-state index contributed by atoms with van der Waals surface area (Å²) >= 11 is 0. The number of urea groups is 1. The maximum absolute atomic E-state index is 12.3. The summed E-state index contributed by atoms with van der Waals surface area (Å²) in [5, 5.41) is 9.34. The Kier molecular flexibility index (Phi) is 6.34. The number of pyridine rings is 1. The highest BCUT2D eigenvalue weighted by atomic mass is 19.4. The van der Waals surface area contributed by atoms with Crippen LogP contribution in [0.3, 0.4) is 0 Å². The lowest BCUT2D eigenvalue weighted by Gasteiger charge is -2.12. The second kappa shape index (κ2) is 8.91. The van der Waals surface area contributed by atoms with E-state index in [1.807, 2.05) is 0 Å². The quantitative estimate of drug-likeness (QED) is 0.747. The van der Waals surface area contributed by atoms with Crippen molar-refractivity contribution in [2.45, 2.75) is 38.2 Å². The third kappa shape index (κ3) is 6.12. The summed E-state index contributed by atoms with van der Waals surface area (Å²) in [7, 11) is 0. The van der Waals surface area contributed by atoms with Gasteiger partial charge in [0.1, 0.15) is 0 Å². The van der Waals surface area contributed by atoms with E-state index in [0.29, 0.717) is 17.8 Å². The number of anilines is 1. The van der Waals surface area contributed by atoms with Crippen molar-refractivity contribution in [3.8, 4) is 5.88 Å². The van der Waals surface area contributed by atoms with Crippen molar-refractivity contribution < 1.29 is 27.4 Å². The molecule has 0 spiro atoms. The maximum Gasteiger partial charge on any atom is 0.422 e. The van der Waals surface area contributed by atoms with Crippen molar-refractivity contribution in [1.29, 1.82) is 0 Å². The largest absolute Gasteiger partial charge is 0.468 e. The van der Waals surface area contributed by atoms with Crippen molar-refractivity contribution in [2.75, 3.05) is 18.5 Å². The van der Waals surface area contributed by atoms with Crippen LogP contribution in [0.5, 0.6) is 5.88 Å². The third-order valence-corrected chi connectivity index (χ3v) is 3.97. The fraction of sp³-hybridized carbons (Fsp3) is 0.471. The molecule has 1 saturated heterocycles. The number of nitrogens with zero attached hydrogens (tertiary/aromatic N) is 3. The molecule has 2 aromatic heterocycles. The van der Waals surface area contributed by atoms with E-state index in [9.17, 15) is 18.0 Å². The van der Waals surface area contributed by atoms with Crippen LogP contribution in [0, 0.1) is 0 Å². The minimum atomic E-state index is -4.47. The molecule has 1 aliphatic heterocycles. The Morgan fingerprint density at radius 2 is 2.29 bits per heavy atom. The van der Waals surface area contributed by atoms with E-state index in [2.05, 4.69) is 25.5 Å². The van der Waals surface area contributed by atoms with Crippen molar-refractivity contribution in [1.82, 2.24) is 20.1 Å². The summed E-state index contributed by atoms with van der Waals surface area (Å²) in [6.45, 7) is -0.134. The molecule has 1 unspecified atom stereocenters. The van der Waals surface area contributed by atoms with Gasteiger partial charge in [0.15, 0.2) is 6.61 Å². The zero-order valence-corrected chi connectivity index (χ0v) is 14.9. The van der Waals surface area contributed by atoms with Gasteiger partial charge >= 0.3 is 12.2 Å². The summed E-state index contributed by atoms with van der Waals surface area (Å²) in [4.78, 5) is 15.8. The molecule has 0 aromatic carbocycles. The van der Waals surface area contributed by atoms with Gasteiger partial charge in [0.05, 0.1) is 24.5 Å². The van der Waals surface area contributed by atoms with E-state index in [1.165, 1.54) is 18.5 Å². The lowest BCUT2D eigenvalue weighted by molar-refractivity contribution is -0.154. The first-order chi connectivity index (χ1) is 13.4. The van der Waals surface area contributed by atoms with E-state index in [1.54, 1.807) is 16.9 Å². The zero-order valence-electron chi connectivity index (χ0n) is 14.9. The van der Waals surface area contributed by atoms with Gasteiger partial charge in [-0.1, -0.05) is 6.07 Å². The lowest BCUT2D eigenvalue weighted by atomic mass is 10.2. The number of ether oxygens (including phenoxy) is 2. The number of alkyl halides is 3. The summed E-state index contributed by atoms with van der Waals surface area (Å²) < 4.78 is 48.8. The Morgan fingerprint density at radius 1 is 1.43 bits per heavy atom. The molecule has 11 heteroatoms. The molecular weight excluding hydrogens is 379 g/mol. The Balaban J connectivity index is 1.48. The molecule has 0 radical (unpaired) electrons. The second-order valence-corrected chi connectivity index (χ2v) is 6.27. The highest BCUT2D eigenvalue weighted by Crippen LogP contribution is 2.20. The summed E-state index contributed by atoms with van der Waals surface area (Å²) in [5.74, 6) is -0.176. The highest BCUT2D eigenvalue weighted by molar-refractivity contribution is 5.88. The van der Waals surface area contributed by atoms with E-state index in [-0.39, 0.29) is 18.5 Å². The normalized spacial score (nSPS) is 16.8. The number of carbonyl (C=O) groups is 1. The van der Waals surface area contributed by atoms with Gasteiger partial charge in [-0.2, -0.15) is 18.3 Å². The van der Waals surface area contributed by atoms with E-state index in [0.717, 1.165) is 19.4 Å². The first-order valence-corrected chi connectivity index (χ1v) is 8.71. The van der Waals surface area contributed by atoms with Gasteiger partial charge in [-0.25, -0.2) is 9.78 Å². The lowest BCUT2D eigenvalue weighted by Crippen LogP contribution is -2.28. The van der Waals surface area contributed by atoms with Crippen LogP contribution in [0.25, 0.3) is 0 Å². The smallest absolute Gasteiger partial charge is 0.422 e. The molecule has 1 fully saturated rings. The summed E-state index contributed by atoms with van der Waals surface area (Å²) in [6.07, 6.45) is 2.18. The zero-order chi connectivity index (χ0) is 20.0. The van der Waals surface area contributed by atoms with Gasteiger partial charge in [-0.15, -0.1) is 0 Å². The monoisotopic (exact) mass is 399 g/mol. The molecule has 2 amide bonds. The van der Waals surface area contributed by atoms with Crippen molar-refractivity contribution in [3.63, 3.8) is 0 Å². The van der Waals surface area contributed by atoms with Gasteiger partial charge in [-0.05, 0) is 18.9 Å². The van der Waals surface area contributed by atoms with Crippen molar-refractivity contribution >= 4 is 11.7 Å². The molecule has 3 heterocycles. The third-order valence-electron chi connectivity index (χ3n) is 3.97. The van der Waals surface area contributed by atoms with Crippen molar-refractivity contribution in [3.05, 3.63) is 36.3 Å². The molecule has 2 N–H and O–H groups in total. The minimum absolute atomic E-state index is 0.0447. The molecule has 2 aromatic rings. The van der Waals surface area contributed by atoms with Gasteiger partial charge < -0.3 is 20.1 Å². The van der Waals surface area contributed by atoms with Gasteiger partial charge in [0, 0.05) is 31.1 Å². The van der Waals surface area contributed by atoms with Crippen LogP contribution in [-0.2, 0) is 17.8 Å². The highest BCUT2D eigenvalue weighted by Gasteiger charge is 2.29. The van der Waals surface area contributed by atoms with Crippen LogP contribution >= 0.6 is 0 Å². The summed E-state index contributed by atoms with van der Waals surface area (Å²) in [6, 6.07) is 2.55. The standard InChI is InChI=1S/C17H20F3N5O3/c18-17(19,20)11-28-15-12(3-1-5-21-15)7-22-16(26)24-13-8-23-25(9-13)10-14-4-2-6-27-14/h1,3,5,8-9,14H,2,4,6-7,10-11H2,(H2,22,24,26). The van der Waals surface area contributed by atoms with E-state index < -0.39 is 18.8 Å². The fourth-order valence-corrected chi connectivity index (χ4v) is 2.71. The van der Waals surface area contributed by atoms with Gasteiger partial charge in [-0.3, -0.25) is 4.68 Å². The first kappa shape index (κ1) is 19.9. The van der Waals surface area contributed by atoms with Gasteiger partial charge in [0.2, 0.25) is 5.88 Å². The Hall–Kier alpha value is -2.82. The van der Waals surface area contributed by atoms with Crippen LogP contribution in [0.4, 0.5) is 23.7 Å². The number of carbonyl (C=O) groups excluding carboxylic acids is 1. The number of rotatable bonds is 7. The molecule has 8 nitrogen and oxygen atoms in total. The van der Waals surface area contributed by atoms with Crippen LogP contribution < -0.4 is 15.4 Å². The molecule has 0 saturated carbocycles. The number of amides is 2. The van der Waals surface area contributed by atoms with Crippen LogP contribution in [0.15, 0.2) is 30.7 Å². The molecular formula is C17H20F3N5O3. The number of nitrogens with one attached hydrogen (secondary N) is 2. The van der Waals surface area contributed by atoms with Crippen LogP contribution in [0.1, 0.15) is 18.4 Å². The topological polar surface area (TPSA) is 90.3 Å². The molecule has 0 bridgehead atoms.